The summed E-state index contributed by atoms with van der Waals surface area (Å²) in [6, 6.07) is 20.2. The average Bonchev–Trinajstić information content (AvgIpc) is 2.84. The van der Waals surface area contributed by atoms with Crippen molar-refractivity contribution in [3.63, 3.8) is 0 Å². The van der Waals surface area contributed by atoms with Crippen LogP contribution < -0.4 is 5.32 Å². The smallest absolute Gasteiger partial charge is 0.337 e. The molecule has 3 aliphatic rings. The van der Waals surface area contributed by atoms with Crippen molar-refractivity contribution in [2.24, 2.45) is 0 Å². The number of allylic oxidation sites excluding steroid dienone is 3. The summed E-state index contributed by atoms with van der Waals surface area (Å²) in [6.07, 6.45) is 6.45. The zero-order valence-corrected chi connectivity index (χ0v) is 19.2. The highest BCUT2D eigenvalue weighted by Gasteiger charge is 2.41. The second-order valence-corrected chi connectivity index (χ2v) is 9.50. The standard InChI is InChI=1S/C29H31NO3/c1-19-26(29(32)33-23-15-9-4-10-16-23)27(21-13-7-3-8-14-21)28-24(30-19)17-22(18-25(28)31)20-11-5-2-6-12-20/h2-3,5-8,11-14,22-23,27,30H,4,9-10,15-18H2,1H3/t22-,27+/m1/s1. The zero-order valence-electron chi connectivity index (χ0n) is 19.2. The number of hydrogen-bond acceptors (Lipinski definition) is 4. The van der Waals surface area contributed by atoms with Gasteiger partial charge in [0.25, 0.3) is 0 Å². The molecule has 0 spiro atoms. The van der Waals surface area contributed by atoms with Gasteiger partial charge in [-0.15, -0.1) is 0 Å². The van der Waals surface area contributed by atoms with E-state index in [0.29, 0.717) is 12.0 Å². The quantitative estimate of drug-likeness (QED) is 0.598. The average molecular weight is 442 g/mol. The second kappa shape index (κ2) is 9.38. The van der Waals surface area contributed by atoms with Gasteiger partial charge in [0.1, 0.15) is 6.10 Å². The molecule has 2 atom stereocenters. The fraction of sp³-hybridized carbons (Fsp3) is 0.379. The first-order valence-electron chi connectivity index (χ1n) is 12.2. The van der Waals surface area contributed by atoms with Gasteiger partial charge in [0, 0.05) is 29.3 Å². The number of rotatable bonds is 4. The van der Waals surface area contributed by atoms with Crippen LogP contribution in [-0.2, 0) is 14.3 Å². The van der Waals surface area contributed by atoms with E-state index in [9.17, 15) is 9.59 Å². The van der Waals surface area contributed by atoms with E-state index < -0.39 is 0 Å². The van der Waals surface area contributed by atoms with Gasteiger partial charge in [-0.05, 0) is 56.1 Å². The molecule has 170 valence electrons. The molecule has 0 bridgehead atoms. The van der Waals surface area contributed by atoms with Crippen molar-refractivity contribution in [1.29, 1.82) is 0 Å². The van der Waals surface area contributed by atoms with Gasteiger partial charge < -0.3 is 10.1 Å². The lowest BCUT2D eigenvalue weighted by Crippen LogP contribution is -2.37. The Balaban J connectivity index is 1.51. The molecule has 1 heterocycles. The predicted octanol–water partition coefficient (Wildman–Crippen LogP) is 5.92. The molecule has 1 saturated carbocycles. The van der Waals surface area contributed by atoms with Crippen LogP contribution in [0.15, 0.2) is 83.2 Å². The first kappa shape index (κ1) is 21.7. The number of nitrogens with one attached hydrogen (secondary N) is 1. The summed E-state index contributed by atoms with van der Waals surface area (Å²) >= 11 is 0. The van der Waals surface area contributed by atoms with Gasteiger partial charge in [-0.3, -0.25) is 4.79 Å². The summed E-state index contributed by atoms with van der Waals surface area (Å²) in [4.78, 5) is 27.1. The highest BCUT2D eigenvalue weighted by atomic mass is 16.5. The van der Waals surface area contributed by atoms with Gasteiger partial charge in [-0.25, -0.2) is 4.79 Å². The minimum absolute atomic E-state index is 0.0251. The molecular formula is C29H31NO3. The summed E-state index contributed by atoms with van der Waals surface area (Å²) in [5.74, 6) is -0.417. The number of carbonyl (C=O) groups is 2. The molecule has 5 rings (SSSR count). The SMILES string of the molecule is CC1=C(C(=O)OC2CCCCC2)[C@H](c2ccccc2)C2=C(C[C@@H](c3ccccc3)CC2=O)N1. The van der Waals surface area contributed by atoms with E-state index in [1.165, 1.54) is 12.0 Å². The van der Waals surface area contributed by atoms with Crippen LogP contribution in [0.25, 0.3) is 0 Å². The highest BCUT2D eigenvalue weighted by molar-refractivity contribution is 6.04. The minimum atomic E-state index is -0.386. The number of esters is 1. The molecule has 33 heavy (non-hydrogen) atoms. The molecule has 2 aliphatic carbocycles. The van der Waals surface area contributed by atoms with Gasteiger partial charge in [0.05, 0.1) is 5.57 Å². The van der Waals surface area contributed by atoms with E-state index in [4.69, 9.17) is 4.74 Å². The molecule has 0 saturated heterocycles. The number of benzene rings is 2. The summed E-state index contributed by atoms with van der Waals surface area (Å²) in [5.41, 5.74) is 5.20. The van der Waals surface area contributed by atoms with E-state index in [1.807, 2.05) is 55.5 Å². The van der Waals surface area contributed by atoms with E-state index in [2.05, 4.69) is 17.4 Å². The molecular weight excluding hydrogens is 410 g/mol. The van der Waals surface area contributed by atoms with Gasteiger partial charge in [0.2, 0.25) is 0 Å². The van der Waals surface area contributed by atoms with Crippen molar-refractivity contribution in [2.75, 3.05) is 0 Å². The summed E-state index contributed by atoms with van der Waals surface area (Å²) in [7, 11) is 0. The van der Waals surface area contributed by atoms with E-state index in [1.54, 1.807) is 0 Å². The molecule has 1 aliphatic heterocycles. The van der Waals surface area contributed by atoms with Crippen molar-refractivity contribution >= 4 is 11.8 Å². The Morgan fingerprint density at radius 2 is 1.52 bits per heavy atom. The topological polar surface area (TPSA) is 55.4 Å². The summed E-state index contributed by atoms with van der Waals surface area (Å²) in [6.45, 7) is 1.94. The van der Waals surface area contributed by atoms with Crippen LogP contribution in [0.2, 0.25) is 0 Å². The van der Waals surface area contributed by atoms with Gasteiger partial charge in [-0.2, -0.15) is 0 Å². The molecule has 0 unspecified atom stereocenters. The Bertz CT molecular complexity index is 1090. The maximum Gasteiger partial charge on any atom is 0.337 e. The fourth-order valence-corrected chi connectivity index (χ4v) is 5.65. The summed E-state index contributed by atoms with van der Waals surface area (Å²) < 4.78 is 5.99. The van der Waals surface area contributed by atoms with Crippen molar-refractivity contribution in [3.8, 4) is 0 Å². The lowest BCUT2D eigenvalue weighted by atomic mass is 9.72. The molecule has 0 aromatic heterocycles. The Hall–Kier alpha value is -3.14. The largest absolute Gasteiger partial charge is 0.459 e. The van der Waals surface area contributed by atoms with Crippen LogP contribution in [0.1, 0.15) is 74.8 Å². The number of ketones is 1. The number of ether oxygens (including phenoxy) is 1. The number of Topliss-reactive ketones (excluding diaryl/α,β-unsaturated/α-hetero) is 1. The zero-order chi connectivity index (χ0) is 22.8. The van der Waals surface area contributed by atoms with Gasteiger partial charge >= 0.3 is 5.97 Å². The predicted molar refractivity (Wildman–Crippen MR) is 128 cm³/mol. The van der Waals surface area contributed by atoms with E-state index in [-0.39, 0.29) is 29.7 Å². The third kappa shape index (κ3) is 4.39. The Kier molecular flexibility index (Phi) is 6.17. The van der Waals surface area contributed by atoms with Crippen molar-refractivity contribution in [1.82, 2.24) is 5.32 Å². The lowest BCUT2D eigenvalue weighted by Gasteiger charge is -2.37. The number of dihydropyridines is 1. The van der Waals surface area contributed by atoms with Crippen LogP contribution in [0, 0.1) is 0 Å². The first-order chi connectivity index (χ1) is 16.1. The van der Waals surface area contributed by atoms with Crippen LogP contribution in [-0.4, -0.2) is 17.9 Å². The van der Waals surface area contributed by atoms with Crippen LogP contribution in [0.4, 0.5) is 0 Å². The molecule has 4 nitrogen and oxygen atoms in total. The molecule has 0 radical (unpaired) electrons. The third-order valence-electron chi connectivity index (χ3n) is 7.28. The van der Waals surface area contributed by atoms with E-state index >= 15 is 0 Å². The first-order valence-corrected chi connectivity index (χ1v) is 12.2. The monoisotopic (exact) mass is 441 g/mol. The molecule has 2 aromatic carbocycles. The number of hydrogen-bond donors (Lipinski definition) is 1. The number of carbonyl (C=O) groups excluding carboxylic acids is 2. The normalized spacial score (nSPS) is 23.7. The van der Waals surface area contributed by atoms with Crippen molar-refractivity contribution in [2.45, 2.75) is 69.8 Å². The van der Waals surface area contributed by atoms with Crippen LogP contribution in [0.5, 0.6) is 0 Å². The Labute approximate surface area is 195 Å². The Morgan fingerprint density at radius 3 is 2.18 bits per heavy atom. The Morgan fingerprint density at radius 1 is 0.879 bits per heavy atom. The molecule has 4 heteroatoms. The fourth-order valence-electron chi connectivity index (χ4n) is 5.65. The van der Waals surface area contributed by atoms with Gasteiger partial charge in [0.15, 0.2) is 5.78 Å². The molecule has 2 aromatic rings. The minimum Gasteiger partial charge on any atom is -0.459 e. The molecule has 1 N–H and O–H groups in total. The lowest BCUT2D eigenvalue weighted by molar-refractivity contribution is -0.146. The maximum absolute atomic E-state index is 13.6. The molecule has 0 amide bonds. The van der Waals surface area contributed by atoms with Crippen molar-refractivity contribution in [3.05, 3.63) is 94.3 Å². The van der Waals surface area contributed by atoms with Crippen LogP contribution >= 0.6 is 0 Å². The summed E-state index contributed by atoms with van der Waals surface area (Å²) in [5, 5.41) is 3.45. The second-order valence-electron chi connectivity index (χ2n) is 9.50. The van der Waals surface area contributed by atoms with Crippen LogP contribution in [0.3, 0.4) is 0 Å². The van der Waals surface area contributed by atoms with Gasteiger partial charge in [-0.1, -0.05) is 67.1 Å². The highest BCUT2D eigenvalue weighted by Crippen LogP contribution is 2.45. The third-order valence-corrected chi connectivity index (χ3v) is 7.28. The van der Waals surface area contributed by atoms with Crippen molar-refractivity contribution < 1.29 is 14.3 Å². The molecule has 1 fully saturated rings. The van der Waals surface area contributed by atoms with E-state index in [0.717, 1.165) is 54.6 Å². The maximum atomic E-state index is 13.6.